The van der Waals surface area contributed by atoms with Crippen molar-refractivity contribution < 1.29 is 14.3 Å². The summed E-state index contributed by atoms with van der Waals surface area (Å²) in [6.07, 6.45) is 1.83. The van der Waals surface area contributed by atoms with Gasteiger partial charge in [0.15, 0.2) is 0 Å². The van der Waals surface area contributed by atoms with Crippen LogP contribution in [0.5, 0.6) is 0 Å². The first-order valence-corrected chi connectivity index (χ1v) is 8.77. The number of ether oxygens (including phenoxy) is 2. The highest BCUT2D eigenvalue weighted by Crippen LogP contribution is 2.26. The molecule has 24 heavy (non-hydrogen) atoms. The highest BCUT2D eigenvalue weighted by molar-refractivity contribution is 5.90. The summed E-state index contributed by atoms with van der Waals surface area (Å²) in [5.41, 5.74) is 1.91. The summed E-state index contributed by atoms with van der Waals surface area (Å²) in [7, 11) is 0. The third kappa shape index (κ3) is 3.88. The molecule has 2 aliphatic rings. The van der Waals surface area contributed by atoms with Crippen molar-refractivity contribution in [1.29, 1.82) is 0 Å². The third-order valence-corrected chi connectivity index (χ3v) is 4.99. The Morgan fingerprint density at radius 3 is 2.71 bits per heavy atom. The van der Waals surface area contributed by atoms with Crippen LogP contribution in [0, 0.1) is 0 Å². The second-order valence-corrected chi connectivity index (χ2v) is 6.44. The van der Waals surface area contributed by atoms with Gasteiger partial charge >= 0.3 is 6.03 Å². The minimum atomic E-state index is -0.157. The van der Waals surface area contributed by atoms with Crippen LogP contribution in [0.2, 0.25) is 0 Å². The van der Waals surface area contributed by atoms with E-state index in [9.17, 15) is 4.79 Å². The summed E-state index contributed by atoms with van der Waals surface area (Å²) >= 11 is 0. The first-order valence-electron chi connectivity index (χ1n) is 8.77. The van der Waals surface area contributed by atoms with Gasteiger partial charge in [0.2, 0.25) is 0 Å². The Labute approximate surface area is 143 Å². The number of morpholine rings is 1. The molecular formula is C18H27N3O3. The highest BCUT2D eigenvalue weighted by Gasteiger charge is 2.41. The van der Waals surface area contributed by atoms with Gasteiger partial charge in [0.05, 0.1) is 25.4 Å². The van der Waals surface area contributed by atoms with Gasteiger partial charge < -0.3 is 20.1 Å². The summed E-state index contributed by atoms with van der Waals surface area (Å²) in [4.78, 5) is 14.8. The molecule has 1 aromatic carbocycles. The second kappa shape index (κ2) is 7.96. The van der Waals surface area contributed by atoms with Crippen LogP contribution >= 0.6 is 0 Å². The first-order chi connectivity index (χ1) is 11.7. The van der Waals surface area contributed by atoms with Crippen LogP contribution in [0.25, 0.3) is 0 Å². The number of urea groups is 1. The minimum absolute atomic E-state index is 0.106. The number of nitrogens with zero attached hydrogens (tertiary/aromatic N) is 1. The van der Waals surface area contributed by atoms with Crippen molar-refractivity contribution in [2.75, 3.05) is 51.4 Å². The lowest BCUT2D eigenvalue weighted by molar-refractivity contribution is -0.0245. The zero-order valence-corrected chi connectivity index (χ0v) is 14.3. The number of amides is 2. The average molecular weight is 333 g/mol. The average Bonchev–Trinajstić information content (AvgIpc) is 3.11. The Hall–Kier alpha value is -1.63. The maximum absolute atomic E-state index is 12.4. The van der Waals surface area contributed by atoms with Crippen molar-refractivity contribution in [3.63, 3.8) is 0 Å². The van der Waals surface area contributed by atoms with Gasteiger partial charge in [-0.1, -0.05) is 25.1 Å². The molecule has 132 valence electrons. The number of carbonyl (C=O) groups is 1. The molecule has 2 fully saturated rings. The molecule has 2 amide bonds. The summed E-state index contributed by atoms with van der Waals surface area (Å²) in [5.74, 6) is 0. The molecule has 2 N–H and O–H groups in total. The van der Waals surface area contributed by atoms with E-state index < -0.39 is 0 Å². The van der Waals surface area contributed by atoms with Crippen LogP contribution in [-0.4, -0.2) is 62.5 Å². The molecule has 0 aliphatic carbocycles. The van der Waals surface area contributed by atoms with Crippen molar-refractivity contribution in [3.05, 3.63) is 29.8 Å². The lowest BCUT2D eigenvalue weighted by atomic mass is 9.95. The fourth-order valence-corrected chi connectivity index (χ4v) is 3.50. The predicted molar refractivity (Wildman–Crippen MR) is 93.4 cm³/mol. The van der Waals surface area contributed by atoms with E-state index in [0.717, 1.165) is 57.0 Å². The number of anilines is 1. The lowest BCUT2D eigenvalue weighted by Crippen LogP contribution is -2.59. The van der Waals surface area contributed by atoms with E-state index in [0.29, 0.717) is 13.2 Å². The molecule has 6 nitrogen and oxygen atoms in total. The summed E-state index contributed by atoms with van der Waals surface area (Å²) in [6.45, 7) is 7.37. The van der Waals surface area contributed by atoms with E-state index in [-0.39, 0.29) is 11.6 Å². The fourth-order valence-electron chi connectivity index (χ4n) is 3.50. The van der Waals surface area contributed by atoms with Gasteiger partial charge in [-0.05, 0) is 24.5 Å². The smallest absolute Gasteiger partial charge is 0.319 e. The van der Waals surface area contributed by atoms with Crippen LogP contribution in [0.4, 0.5) is 10.5 Å². The fraction of sp³-hybridized carbons (Fsp3) is 0.611. The molecule has 1 unspecified atom stereocenters. The van der Waals surface area contributed by atoms with Crippen molar-refractivity contribution in [2.45, 2.75) is 25.3 Å². The molecular weight excluding hydrogens is 306 g/mol. The second-order valence-electron chi connectivity index (χ2n) is 6.44. The van der Waals surface area contributed by atoms with E-state index in [1.165, 1.54) is 0 Å². The zero-order valence-electron chi connectivity index (χ0n) is 14.3. The van der Waals surface area contributed by atoms with Gasteiger partial charge in [0.25, 0.3) is 0 Å². The largest absolute Gasteiger partial charge is 0.379 e. The number of aryl methyl sites for hydroxylation is 1. The molecule has 0 spiro atoms. The number of hydrogen-bond donors (Lipinski definition) is 2. The number of para-hydroxylation sites is 1. The number of rotatable bonds is 5. The number of nitrogens with one attached hydrogen (secondary N) is 2. The molecule has 0 radical (unpaired) electrons. The molecule has 2 heterocycles. The van der Waals surface area contributed by atoms with Crippen LogP contribution in [0.1, 0.15) is 18.9 Å². The Morgan fingerprint density at radius 2 is 2.00 bits per heavy atom. The van der Waals surface area contributed by atoms with E-state index in [1.54, 1.807) is 0 Å². The predicted octanol–water partition coefficient (Wildman–Crippen LogP) is 1.86. The Kier molecular flexibility index (Phi) is 5.71. The van der Waals surface area contributed by atoms with Crippen molar-refractivity contribution in [2.24, 2.45) is 0 Å². The lowest BCUT2D eigenvalue weighted by Gasteiger charge is -2.42. The summed E-state index contributed by atoms with van der Waals surface area (Å²) < 4.78 is 11.1. The number of hydrogen-bond acceptors (Lipinski definition) is 4. The normalized spacial score (nSPS) is 24.7. The molecule has 0 saturated carbocycles. The molecule has 1 atom stereocenters. The Morgan fingerprint density at radius 1 is 1.21 bits per heavy atom. The molecule has 1 aromatic rings. The van der Waals surface area contributed by atoms with Gasteiger partial charge in [0, 0.05) is 31.9 Å². The van der Waals surface area contributed by atoms with Crippen LogP contribution in [0.3, 0.4) is 0 Å². The minimum Gasteiger partial charge on any atom is -0.379 e. The van der Waals surface area contributed by atoms with E-state index in [4.69, 9.17) is 9.47 Å². The molecule has 3 rings (SSSR count). The topological polar surface area (TPSA) is 62.8 Å². The SMILES string of the molecule is CCc1ccccc1NC(=O)NCC1(N2CCOCC2)CCOC1. The van der Waals surface area contributed by atoms with Crippen molar-refractivity contribution >= 4 is 11.7 Å². The van der Waals surface area contributed by atoms with Gasteiger partial charge in [0.1, 0.15) is 0 Å². The molecule has 0 bridgehead atoms. The zero-order chi connectivity index (χ0) is 16.8. The maximum Gasteiger partial charge on any atom is 0.319 e. The van der Waals surface area contributed by atoms with E-state index >= 15 is 0 Å². The van der Waals surface area contributed by atoms with E-state index in [1.807, 2.05) is 24.3 Å². The molecule has 2 aliphatic heterocycles. The Balaban J connectivity index is 1.59. The maximum atomic E-state index is 12.4. The van der Waals surface area contributed by atoms with E-state index in [2.05, 4.69) is 22.5 Å². The monoisotopic (exact) mass is 333 g/mol. The third-order valence-electron chi connectivity index (χ3n) is 4.99. The van der Waals surface area contributed by atoms with Crippen LogP contribution in [-0.2, 0) is 15.9 Å². The van der Waals surface area contributed by atoms with Crippen LogP contribution < -0.4 is 10.6 Å². The van der Waals surface area contributed by atoms with Gasteiger partial charge in [-0.3, -0.25) is 4.90 Å². The highest BCUT2D eigenvalue weighted by atomic mass is 16.5. The molecule has 6 heteroatoms. The standard InChI is InChI=1S/C18H27N3O3/c1-2-15-5-3-4-6-16(15)20-17(22)19-13-18(7-10-24-14-18)21-8-11-23-12-9-21/h3-6H,2,7-14H2,1H3,(H2,19,20,22). The summed E-state index contributed by atoms with van der Waals surface area (Å²) in [5, 5.41) is 6.02. The quantitative estimate of drug-likeness (QED) is 0.863. The van der Waals surface area contributed by atoms with Crippen molar-refractivity contribution in [3.8, 4) is 0 Å². The van der Waals surface area contributed by atoms with Gasteiger partial charge in [-0.25, -0.2) is 4.79 Å². The first kappa shape index (κ1) is 17.2. The van der Waals surface area contributed by atoms with Gasteiger partial charge in [-0.2, -0.15) is 0 Å². The summed E-state index contributed by atoms with van der Waals surface area (Å²) in [6, 6.07) is 7.75. The van der Waals surface area contributed by atoms with Gasteiger partial charge in [-0.15, -0.1) is 0 Å². The number of carbonyl (C=O) groups excluding carboxylic acids is 1. The Bertz CT molecular complexity index is 552. The van der Waals surface area contributed by atoms with Crippen molar-refractivity contribution in [1.82, 2.24) is 10.2 Å². The molecule has 2 saturated heterocycles. The number of benzene rings is 1. The van der Waals surface area contributed by atoms with Crippen LogP contribution in [0.15, 0.2) is 24.3 Å². The molecule has 0 aromatic heterocycles.